The van der Waals surface area contributed by atoms with Crippen LogP contribution in [0.5, 0.6) is 0 Å². The molecule has 1 rings (SSSR count). The number of hydrogen-bond donors (Lipinski definition) is 1. The maximum atomic E-state index is 12.0. The molecule has 0 aromatic heterocycles. The van der Waals surface area contributed by atoms with Gasteiger partial charge in [0, 0.05) is 19.1 Å². The molecule has 0 aliphatic carbocycles. The molecule has 1 aliphatic heterocycles. The van der Waals surface area contributed by atoms with Crippen molar-refractivity contribution >= 4 is 5.91 Å². The van der Waals surface area contributed by atoms with Crippen LogP contribution in [0.1, 0.15) is 26.2 Å². The van der Waals surface area contributed by atoms with Crippen LogP contribution in [0.2, 0.25) is 0 Å². The molecule has 1 unspecified atom stereocenters. The molecule has 3 nitrogen and oxygen atoms in total. The van der Waals surface area contributed by atoms with Gasteiger partial charge in [-0.25, -0.2) is 0 Å². The molecular formula is C10H17F3N2O. The Balaban J connectivity index is 2.39. The van der Waals surface area contributed by atoms with Crippen LogP contribution in [0.15, 0.2) is 0 Å². The highest BCUT2D eigenvalue weighted by Gasteiger charge is 2.34. The number of halogens is 3. The van der Waals surface area contributed by atoms with E-state index in [-0.39, 0.29) is 6.04 Å². The average Bonchev–Trinajstić information content (AvgIpc) is 2.15. The van der Waals surface area contributed by atoms with E-state index in [1.165, 1.54) is 4.90 Å². The van der Waals surface area contributed by atoms with E-state index in [1.807, 2.05) is 6.92 Å². The molecule has 16 heavy (non-hydrogen) atoms. The zero-order valence-electron chi connectivity index (χ0n) is 9.26. The minimum atomic E-state index is -4.41. The van der Waals surface area contributed by atoms with E-state index < -0.39 is 18.5 Å². The van der Waals surface area contributed by atoms with Gasteiger partial charge in [0.25, 0.3) is 0 Å². The van der Waals surface area contributed by atoms with Gasteiger partial charge >= 0.3 is 6.18 Å². The quantitative estimate of drug-likeness (QED) is 0.793. The number of amides is 1. The molecule has 1 heterocycles. The first-order valence-electron chi connectivity index (χ1n) is 5.39. The van der Waals surface area contributed by atoms with Crippen molar-refractivity contribution in [1.29, 1.82) is 0 Å². The second-order valence-corrected chi connectivity index (χ2v) is 4.37. The number of carbonyl (C=O) groups is 1. The molecule has 0 spiro atoms. The van der Waals surface area contributed by atoms with Gasteiger partial charge in [-0.05, 0) is 25.7 Å². The molecule has 1 amide bonds. The summed E-state index contributed by atoms with van der Waals surface area (Å²) in [5.41, 5.74) is 5.71. The molecule has 2 N–H and O–H groups in total. The number of nitrogens with zero attached hydrogens (tertiary/aromatic N) is 1. The molecule has 94 valence electrons. The van der Waals surface area contributed by atoms with Gasteiger partial charge in [-0.15, -0.1) is 0 Å². The Morgan fingerprint density at radius 3 is 2.31 bits per heavy atom. The number of hydrogen-bond acceptors (Lipinski definition) is 2. The van der Waals surface area contributed by atoms with Crippen LogP contribution in [0.3, 0.4) is 0 Å². The lowest BCUT2D eigenvalue weighted by Crippen LogP contribution is -2.43. The summed E-state index contributed by atoms with van der Waals surface area (Å²) in [7, 11) is 0. The standard InChI is InChI=1S/C10H17F3N2O/c1-7(14)8-2-4-15(5-3-8)9(16)6-10(11,12)13/h7-8H,2-6,14H2,1H3. The van der Waals surface area contributed by atoms with E-state index in [1.54, 1.807) is 0 Å². The lowest BCUT2D eigenvalue weighted by molar-refractivity contribution is -0.162. The first kappa shape index (κ1) is 13.3. The second-order valence-electron chi connectivity index (χ2n) is 4.37. The molecule has 0 saturated carbocycles. The Morgan fingerprint density at radius 2 is 1.94 bits per heavy atom. The molecular weight excluding hydrogens is 221 g/mol. The number of likely N-dealkylation sites (tertiary alicyclic amines) is 1. The minimum absolute atomic E-state index is 0.0415. The smallest absolute Gasteiger partial charge is 0.342 e. The summed E-state index contributed by atoms with van der Waals surface area (Å²) in [6.45, 7) is 2.67. The number of carbonyl (C=O) groups excluding carboxylic acids is 1. The lowest BCUT2D eigenvalue weighted by Gasteiger charge is -2.33. The molecule has 0 aromatic rings. The van der Waals surface area contributed by atoms with Gasteiger partial charge < -0.3 is 10.6 Å². The van der Waals surface area contributed by atoms with E-state index in [4.69, 9.17) is 5.73 Å². The van der Waals surface area contributed by atoms with Crippen molar-refractivity contribution in [3.05, 3.63) is 0 Å². The first-order valence-corrected chi connectivity index (χ1v) is 5.39. The van der Waals surface area contributed by atoms with E-state index >= 15 is 0 Å². The van der Waals surface area contributed by atoms with Gasteiger partial charge in [0.2, 0.25) is 5.91 Å². The first-order chi connectivity index (χ1) is 7.29. The van der Waals surface area contributed by atoms with Gasteiger partial charge in [-0.3, -0.25) is 4.79 Å². The Hall–Kier alpha value is -0.780. The van der Waals surface area contributed by atoms with Crippen LogP contribution in [0.25, 0.3) is 0 Å². The van der Waals surface area contributed by atoms with E-state index in [2.05, 4.69) is 0 Å². The Kier molecular flexibility index (Phi) is 4.18. The predicted molar refractivity (Wildman–Crippen MR) is 53.6 cm³/mol. The largest absolute Gasteiger partial charge is 0.397 e. The van der Waals surface area contributed by atoms with E-state index in [9.17, 15) is 18.0 Å². The molecule has 1 atom stereocenters. The summed E-state index contributed by atoms with van der Waals surface area (Å²) >= 11 is 0. The Bertz CT molecular complexity index is 245. The van der Waals surface area contributed by atoms with Crippen LogP contribution >= 0.6 is 0 Å². The van der Waals surface area contributed by atoms with Crippen molar-refractivity contribution < 1.29 is 18.0 Å². The highest BCUT2D eigenvalue weighted by Crippen LogP contribution is 2.24. The topological polar surface area (TPSA) is 46.3 Å². The van der Waals surface area contributed by atoms with E-state index in [0.717, 1.165) is 0 Å². The minimum Gasteiger partial charge on any atom is -0.342 e. The van der Waals surface area contributed by atoms with Crippen LogP contribution in [-0.4, -0.2) is 36.1 Å². The third-order valence-corrected chi connectivity index (χ3v) is 2.99. The zero-order chi connectivity index (χ0) is 12.3. The third-order valence-electron chi connectivity index (χ3n) is 2.99. The summed E-state index contributed by atoms with van der Waals surface area (Å²) in [4.78, 5) is 12.5. The molecule has 1 aliphatic rings. The van der Waals surface area contributed by atoms with Crippen LogP contribution in [-0.2, 0) is 4.79 Å². The van der Waals surface area contributed by atoms with Crippen molar-refractivity contribution in [2.75, 3.05) is 13.1 Å². The Labute approximate surface area is 92.8 Å². The van der Waals surface area contributed by atoms with Gasteiger partial charge in [0.1, 0.15) is 6.42 Å². The van der Waals surface area contributed by atoms with Crippen molar-refractivity contribution in [2.24, 2.45) is 11.7 Å². The maximum absolute atomic E-state index is 12.0. The second kappa shape index (κ2) is 5.03. The number of piperidine rings is 1. The van der Waals surface area contributed by atoms with Crippen molar-refractivity contribution in [1.82, 2.24) is 4.90 Å². The third kappa shape index (κ3) is 4.00. The molecule has 0 aromatic carbocycles. The summed E-state index contributed by atoms with van der Waals surface area (Å²) in [5, 5.41) is 0. The lowest BCUT2D eigenvalue weighted by atomic mass is 9.91. The summed E-state index contributed by atoms with van der Waals surface area (Å²) in [6.07, 6.45) is -4.37. The van der Waals surface area contributed by atoms with Crippen LogP contribution < -0.4 is 5.73 Å². The monoisotopic (exact) mass is 238 g/mol. The highest BCUT2D eigenvalue weighted by atomic mass is 19.4. The zero-order valence-corrected chi connectivity index (χ0v) is 9.26. The number of alkyl halides is 3. The van der Waals surface area contributed by atoms with Gasteiger partial charge in [0.15, 0.2) is 0 Å². The summed E-state index contributed by atoms with van der Waals surface area (Å²) in [6, 6.07) is 0.0415. The summed E-state index contributed by atoms with van der Waals surface area (Å²) in [5.74, 6) is -0.509. The van der Waals surface area contributed by atoms with E-state index in [0.29, 0.717) is 31.8 Å². The normalized spacial score (nSPS) is 20.9. The van der Waals surface area contributed by atoms with Gasteiger partial charge in [-0.1, -0.05) is 0 Å². The fourth-order valence-electron chi connectivity index (χ4n) is 1.96. The average molecular weight is 238 g/mol. The number of nitrogens with two attached hydrogens (primary N) is 1. The fourth-order valence-corrected chi connectivity index (χ4v) is 1.96. The van der Waals surface area contributed by atoms with Crippen molar-refractivity contribution in [3.8, 4) is 0 Å². The predicted octanol–water partition coefficient (Wildman–Crippen LogP) is 1.52. The molecule has 1 fully saturated rings. The number of rotatable bonds is 2. The Morgan fingerprint density at radius 1 is 1.44 bits per heavy atom. The molecule has 0 bridgehead atoms. The van der Waals surface area contributed by atoms with Gasteiger partial charge in [0.05, 0.1) is 0 Å². The van der Waals surface area contributed by atoms with Crippen LogP contribution in [0, 0.1) is 5.92 Å². The highest BCUT2D eigenvalue weighted by molar-refractivity contribution is 5.76. The van der Waals surface area contributed by atoms with Gasteiger partial charge in [-0.2, -0.15) is 13.2 Å². The van der Waals surface area contributed by atoms with Crippen molar-refractivity contribution in [3.63, 3.8) is 0 Å². The maximum Gasteiger partial charge on any atom is 0.397 e. The molecule has 6 heteroatoms. The molecule has 0 radical (unpaired) electrons. The fraction of sp³-hybridized carbons (Fsp3) is 0.900. The molecule has 1 saturated heterocycles. The summed E-state index contributed by atoms with van der Waals surface area (Å²) < 4.78 is 36.0. The van der Waals surface area contributed by atoms with Crippen LogP contribution in [0.4, 0.5) is 13.2 Å². The SMILES string of the molecule is CC(N)C1CCN(C(=O)CC(F)(F)F)CC1. The van der Waals surface area contributed by atoms with Crippen molar-refractivity contribution in [2.45, 2.75) is 38.4 Å².